The Kier molecular flexibility index (Phi) is 7.11. The quantitative estimate of drug-likeness (QED) is 0.734. The molecule has 0 atom stereocenters. The highest BCUT2D eigenvalue weighted by Crippen LogP contribution is 2.15. The summed E-state index contributed by atoms with van der Waals surface area (Å²) in [5.74, 6) is -0.882. The van der Waals surface area contributed by atoms with Crippen LogP contribution in [0.15, 0.2) is 48.5 Å². The number of hydrogen-bond acceptors (Lipinski definition) is 4. The van der Waals surface area contributed by atoms with Gasteiger partial charge in [-0.25, -0.2) is 4.79 Å². The van der Waals surface area contributed by atoms with Gasteiger partial charge in [0.15, 0.2) is 6.61 Å². The molecule has 0 bridgehead atoms. The predicted octanol–water partition coefficient (Wildman–Crippen LogP) is 3.36. The Morgan fingerprint density at radius 2 is 1.70 bits per heavy atom. The van der Waals surface area contributed by atoms with Gasteiger partial charge in [-0.05, 0) is 48.7 Å². The van der Waals surface area contributed by atoms with Crippen LogP contribution in [-0.2, 0) is 9.53 Å². The zero-order valence-electron chi connectivity index (χ0n) is 15.7. The van der Waals surface area contributed by atoms with Gasteiger partial charge in [-0.15, -0.1) is 0 Å². The number of ether oxygens (including phenoxy) is 1. The van der Waals surface area contributed by atoms with Gasteiger partial charge in [-0.2, -0.15) is 0 Å². The average molecular weight is 368 g/mol. The number of esters is 1. The number of nitrogens with one attached hydrogen (secondary N) is 2. The van der Waals surface area contributed by atoms with Crippen molar-refractivity contribution in [2.75, 3.05) is 18.5 Å². The van der Waals surface area contributed by atoms with E-state index < -0.39 is 18.5 Å². The normalized spacial score (nSPS) is 10.4. The second-order valence-corrected chi connectivity index (χ2v) is 6.34. The van der Waals surface area contributed by atoms with E-state index in [4.69, 9.17) is 4.74 Å². The SMILES string of the molecule is CCNC(=O)c1cccc(NC(=O)COC(=O)c2ccc(C(C)C)cc2)c1. The molecule has 0 aliphatic heterocycles. The van der Waals surface area contributed by atoms with Gasteiger partial charge < -0.3 is 15.4 Å². The molecule has 0 aliphatic rings. The molecule has 2 rings (SSSR count). The number of benzene rings is 2. The predicted molar refractivity (Wildman–Crippen MR) is 104 cm³/mol. The Balaban J connectivity index is 1.89. The van der Waals surface area contributed by atoms with E-state index in [-0.39, 0.29) is 5.91 Å². The molecule has 0 saturated heterocycles. The van der Waals surface area contributed by atoms with Crippen LogP contribution in [0, 0.1) is 0 Å². The van der Waals surface area contributed by atoms with Crippen molar-refractivity contribution in [2.24, 2.45) is 0 Å². The van der Waals surface area contributed by atoms with Gasteiger partial charge in [0.2, 0.25) is 0 Å². The summed E-state index contributed by atoms with van der Waals surface area (Å²) in [5, 5.41) is 5.30. The van der Waals surface area contributed by atoms with E-state index in [1.165, 1.54) is 0 Å². The summed E-state index contributed by atoms with van der Waals surface area (Å²) in [6.45, 7) is 6.07. The molecule has 0 aromatic heterocycles. The van der Waals surface area contributed by atoms with Crippen LogP contribution >= 0.6 is 0 Å². The lowest BCUT2D eigenvalue weighted by Gasteiger charge is -2.09. The smallest absolute Gasteiger partial charge is 0.338 e. The van der Waals surface area contributed by atoms with Crippen molar-refractivity contribution in [3.05, 3.63) is 65.2 Å². The van der Waals surface area contributed by atoms with Crippen LogP contribution in [0.25, 0.3) is 0 Å². The Morgan fingerprint density at radius 3 is 2.33 bits per heavy atom. The van der Waals surface area contributed by atoms with Crippen molar-refractivity contribution >= 4 is 23.5 Å². The molecule has 2 aromatic carbocycles. The number of amides is 2. The van der Waals surface area contributed by atoms with Gasteiger partial charge in [0, 0.05) is 17.8 Å². The third-order valence-corrected chi connectivity index (χ3v) is 3.89. The molecule has 142 valence electrons. The zero-order valence-corrected chi connectivity index (χ0v) is 15.7. The highest BCUT2D eigenvalue weighted by molar-refractivity contribution is 5.98. The number of rotatable bonds is 7. The Labute approximate surface area is 158 Å². The highest BCUT2D eigenvalue weighted by atomic mass is 16.5. The van der Waals surface area contributed by atoms with Crippen LogP contribution in [0.1, 0.15) is 53.0 Å². The summed E-state index contributed by atoms with van der Waals surface area (Å²) in [6, 6.07) is 13.7. The van der Waals surface area contributed by atoms with Gasteiger partial charge in [0.05, 0.1) is 5.56 Å². The van der Waals surface area contributed by atoms with Gasteiger partial charge in [0.25, 0.3) is 11.8 Å². The number of carbonyl (C=O) groups is 3. The van der Waals surface area contributed by atoms with Crippen LogP contribution in [-0.4, -0.2) is 30.9 Å². The van der Waals surface area contributed by atoms with Crippen molar-refractivity contribution in [1.82, 2.24) is 5.32 Å². The first kappa shape index (κ1) is 20.2. The average Bonchev–Trinajstić information content (AvgIpc) is 2.66. The second kappa shape index (κ2) is 9.52. The molecule has 0 fully saturated rings. The van der Waals surface area contributed by atoms with Crippen molar-refractivity contribution in [1.29, 1.82) is 0 Å². The summed E-state index contributed by atoms with van der Waals surface area (Å²) >= 11 is 0. The summed E-state index contributed by atoms with van der Waals surface area (Å²) in [6.07, 6.45) is 0. The maximum Gasteiger partial charge on any atom is 0.338 e. The third-order valence-electron chi connectivity index (χ3n) is 3.89. The Morgan fingerprint density at radius 1 is 1.00 bits per heavy atom. The molecule has 6 heteroatoms. The Hall–Kier alpha value is -3.15. The van der Waals surface area contributed by atoms with Crippen LogP contribution < -0.4 is 10.6 Å². The van der Waals surface area contributed by atoms with Crippen molar-refractivity contribution in [3.8, 4) is 0 Å². The lowest BCUT2D eigenvalue weighted by atomic mass is 10.0. The van der Waals surface area contributed by atoms with E-state index in [2.05, 4.69) is 24.5 Å². The van der Waals surface area contributed by atoms with Crippen molar-refractivity contribution in [3.63, 3.8) is 0 Å². The summed E-state index contributed by atoms with van der Waals surface area (Å²) in [4.78, 5) is 35.9. The van der Waals surface area contributed by atoms with Gasteiger partial charge >= 0.3 is 5.97 Å². The zero-order chi connectivity index (χ0) is 19.8. The largest absolute Gasteiger partial charge is 0.452 e. The van der Waals surface area contributed by atoms with E-state index in [0.29, 0.717) is 29.3 Å². The maximum atomic E-state index is 12.0. The lowest BCUT2D eigenvalue weighted by molar-refractivity contribution is -0.119. The summed E-state index contributed by atoms with van der Waals surface area (Å²) in [7, 11) is 0. The van der Waals surface area contributed by atoms with Crippen molar-refractivity contribution in [2.45, 2.75) is 26.7 Å². The minimum absolute atomic E-state index is 0.218. The van der Waals surface area contributed by atoms with Crippen LogP contribution in [0.3, 0.4) is 0 Å². The van der Waals surface area contributed by atoms with Gasteiger partial charge in [-0.3, -0.25) is 9.59 Å². The lowest BCUT2D eigenvalue weighted by Crippen LogP contribution is -2.23. The maximum absolute atomic E-state index is 12.0. The highest BCUT2D eigenvalue weighted by Gasteiger charge is 2.12. The Bertz CT molecular complexity index is 813. The topological polar surface area (TPSA) is 84.5 Å². The van der Waals surface area contributed by atoms with E-state index in [0.717, 1.165) is 5.56 Å². The summed E-state index contributed by atoms with van der Waals surface area (Å²) < 4.78 is 5.05. The molecule has 0 spiro atoms. The van der Waals surface area contributed by atoms with E-state index in [1.54, 1.807) is 36.4 Å². The molecule has 6 nitrogen and oxygen atoms in total. The fourth-order valence-electron chi connectivity index (χ4n) is 2.42. The van der Waals surface area contributed by atoms with Crippen LogP contribution in [0.2, 0.25) is 0 Å². The molecule has 0 radical (unpaired) electrons. The molecule has 2 N–H and O–H groups in total. The molecule has 2 aromatic rings. The molecule has 0 aliphatic carbocycles. The third kappa shape index (κ3) is 5.95. The van der Waals surface area contributed by atoms with Gasteiger partial charge in [0.1, 0.15) is 0 Å². The first-order valence-corrected chi connectivity index (χ1v) is 8.86. The van der Waals surface area contributed by atoms with E-state index >= 15 is 0 Å². The van der Waals surface area contributed by atoms with E-state index in [9.17, 15) is 14.4 Å². The molecule has 0 heterocycles. The fourth-order valence-corrected chi connectivity index (χ4v) is 2.42. The second-order valence-electron chi connectivity index (χ2n) is 6.34. The minimum Gasteiger partial charge on any atom is -0.452 e. The number of anilines is 1. The van der Waals surface area contributed by atoms with Crippen LogP contribution in [0.5, 0.6) is 0 Å². The fraction of sp³-hybridized carbons (Fsp3) is 0.286. The molecule has 0 unspecified atom stereocenters. The van der Waals surface area contributed by atoms with Crippen LogP contribution in [0.4, 0.5) is 5.69 Å². The molecule has 2 amide bonds. The van der Waals surface area contributed by atoms with Crippen molar-refractivity contribution < 1.29 is 19.1 Å². The molecular formula is C21H24N2O4. The first-order chi connectivity index (χ1) is 12.9. The molecule has 27 heavy (non-hydrogen) atoms. The van der Waals surface area contributed by atoms with Gasteiger partial charge in [-0.1, -0.05) is 32.0 Å². The molecular weight excluding hydrogens is 344 g/mol. The number of hydrogen-bond donors (Lipinski definition) is 2. The monoisotopic (exact) mass is 368 g/mol. The standard InChI is InChI=1S/C21H24N2O4/c1-4-22-20(25)17-6-5-7-18(12-17)23-19(24)13-27-21(26)16-10-8-15(9-11-16)14(2)3/h5-12,14H,4,13H2,1-3H3,(H,22,25)(H,23,24). The van der Waals surface area contributed by atoms with E-state index in [1.807, 2.05) is 19.1 Å². The summed E-state index contributed by atoms with van der Waals surface area (Å²) in [5.41, 5.74) is 2.42. The molecule has 0 saturated carbocycles. The first-order valence-electron chi connectivity index (χ1n) is 8.86. The number of carbonyl (C=O) groups excluding carboxylic acids is 3. The minimum atomic E-state index is -0.559.